The lowest BCUT2D eigenvalue weighted by Gasteiger charge is -2.36. The fraction of sp³-hybridized carbons (Fsp3) is 0.848. The molecular formula is C33H58N2O10. The van der Waals surface area contributed by atoms with Gasteiger partial charge in [0.25, 0.3) is 0 Å². The van der Waals surface area contributed by atoms with Crippen LogP contribution in [-0.4, -0.2) is 115 Å². The quantitative estimate of drug-likeness (QED) is 0.298. The van der Waals surface area contributed by atoms with Gasteiger partial charge in [-0.2, -0.15) is 0 Å². The lowest BCUT2D eigenvalue weighted by atomic mass is 10.1. The monoisotopic (exact) mass is 642 g/mol. The highest BCUT2D eigenvalue weighted by molar-refractivity contribution is 5.70. The molecule has 0 aliphatic carbocycles. The average Bonchev–Trinajstić information content (AvgIpc) is 3.51. The van der Waals surface area contributed by atoms with E-state index in [0.717, 1.165) is 51.7 Å². The molecular weight excluding hydrogens is 584 g/mol. The number of nitrogens with zero attached hydrogens (tertiary/aromatic N) is 1. The van der Waals surface area contributed by atoms with E-state index >= 15 is 0 Å². The number of rotatable bonds is 10. The molecule has 12 heteroatoms. The van der Waals surface area contributed by atoms with Crippen molar-refractivity contribution in [2.45, 2.75) is 141 Å². The second kappa shape index (κ2) is 17.5. The first-order valence-corrected chi connectivity index (χ1v) is 16.4. The van der Waals surface area contributed by atoms with Gasteiger partial charge in [0.15, 0.2) is 12.6 Å². The molecule has 0 aromatic carbocycles. The average molecular weight is 643 g/mol. The molecule has 4 aliphatic rings. The van der Waals surface area contributed by atoms with Crippen molar-refractivity contribution in [2.75, 3.05) is 39.6 Å². The number of ether oxygens (including phenoxy) is 7. The van der Waals surface area contributed by atoms with Crippen LogP contribution in [0.1, 0.15) is 87.0 Å². The molecule has 4 aliphatic heterocycles. The van der Waals surface area contributed by atoms with Crippen LogP contribution in [0.2, 0.25) is 0 Å². The Hall–Kier alpha value is -1.61. The Morgan fingerprint density at radius 3 is 1.91 bits per heavy atom. The molecule has 0 bridgehead atoms. The van der Waals surface area contributed by atoms with Crippen LogP contribution in [0.5, 0.6) is 0 Å². The van der Waals surface area contributed by atoms with Gasteiger partial charge >= 0.3 is 6.09 Å². The zero-order valence-corrected chi connectivity index (χ0v) is 28.4. The summed E-state index contributed by atoms with van der Waals surface area (Å²) >= 11 is 0. The molecule has 6 atom stereocenters. The van der Waals surface area contributed by atoms with Crippen LogP contribution in [-0.2, 0) is 33.2 Å². The minimum absolute atomic E-state index is 0.0582. The summed E-state index contributed by atoms with van der Waals surface area (Å²) in [6, 6.07) is -0.570. The van der Waals surface area contributed by atoms with Gasteiger partial charge in [0.1, 0.15) is 17.1 Å². The van der Waals surface area contributed by atoms with E-state index in [1.807, 2.05) is 40.7 Å². The van der Waals surface area contributed by atoms with Crippen LogP contribution in [0.15, 0.2) is 24.3 Å². The third kappa shape index (κ3) is 13.2. The van der Waals surface area contributed by atoms with Gasteiger partial charge in [0.05, 0.1) is 50.7 Å². The van der Waals surface area contributed by atoms with Crippen molar-refractivity contribution >= 4 is 6.09 Å². The second-order valence-electron chi connectivity index (χ2n) is 13.8. The SMILES string of the molecule is CC(C)(C)OC(=O)N1C([C@H](O)/C=C/COC2CCCCO2)COC1(C)C.CC1(C)NC([C@H](O)/C=C/COC2CCCCO2)CO1. The second-order valence-corrected chi connectivity index (χ2v) is 13.8. The Balaban J connectivity index is 0.000000257. The molecule has 45 heavy (non-hydrogen) atoms. The molecule has 0 radical (unpaired) electrons. The summed E-state index contributed by atoms with van der Waals surface area (Å²) in [5.41, 5.74) is -1.81. The van der Waals surface area contributed by atoms with E-state index in [9.17, 15) is 15.0 Å². The molecule has 4 heterocycles. The van der Waals surface area contributed by atoms with E-state index < -0.39 is 35.7 Å². The highest BCUT2D eigenvalue weighted by Crippen LogP contribution is 2.31. The predicted molar refractivity (Wildman–Crippen MR) is 168 cm³/mol. The lowest BCUT2D eigenvalue weighted by Crippen LogP contribution is -2.53. The Kier molecular flexibility index (Phi) is 14.7. The van der Waals surface area contributed by atoms with Gasteiger partial charge in [-0.3, -0.25) is 10.2 Å². The number of hydrogen-bond donors (Lipinski definition) is 3. The van der Waals surface area contributed by atoms with Crippen molar-refractivity contribution in [3.05, 3.63) is 24.3 Å². The zero-order valence-electron chi connectivity index (χ0n) is 28.4. The van der Waals surface area contributed by atoms with E-state index in [2.05, 4.69) is 5.32 Å². The standard InChI is InChI=1S/C19H33NO6.C14H25NO4/c1-18(2,3)26-17(22)20-14(13-25-19(20,4)5)15(21)9-8-12-24-16-10-6-7-11-23-16;1-14(2)15-11(10-19-14)12(16)6-5-9-18-13-7-3-4-8-17-13/h8-9,14-16,21H,6-7,10-13H2,1-5H3;5-6,11-13,15-16H,3-4,7-10H2,1-2H3/b9-8+;6-5+/t14?,15-,16?;11?,12-,13?/m11/s1. The molecule has 12 nitrogen and oxygen atoms in total. The van der Waals surface area contributed by atoms with Crippen molar-refractivity contribution in [3.63, 3.8) is 0 Å². The van der Waals surface area contributed by atoms with Crippen LogP contribution >= 0.6 is 0 Å². The van der Waals surface area contributed by atoms with Crippen molar-refractivity contribution in [2.24, 2.45) is 0 Å². The van der Waals surface area contributed by atoms with Crippen LogP contribution in [0.25, 0.3) is 0 Å². The van der Waals surface area contributed by atoms with Crippen molar-refractivity contribution in [1.82, 2.24) is 10.2 Å². The molecule has 1 amide bonds. The molecule has 0 spiro atoms. The van der Waals surface area contributed by atoms with Crippen molar-refractivity contribution in [1.29, 1.82) is 0 Å². The zero-order chi connectivity index (χ0) is 33.1. The first kappa shape index (κ1) is 37.8. The van der Waals surface area contributed by atoms with Gasteiger partial charge in [0.2, 0.25) is 0 Å². The van der Waals surface area contributed by atoms with Gasteiger partial charge in [-0.25, -0.2) is 4.79 Å². The number of aliphatic hydroxyl groups is 2. The third-order valence-electron chi connectivity index (χ3n) is 7.77. The molecule has 4 rings (SSSR count). The number of amides is 1. The van der Waals surface area contributed by atoms with Crippen LogP contribution in [0.4, 0.5) is 4.79 Å². The van der Waals surface area contributed by atoms with Gasteiger partial charge < -0.3 is 43.4 Å². The molecule has 260 valence electrons. The minimum Gasteiger partial charge on any atom is -0.444 e. The maximum Gasteiger partial charge on any atom is 0.413 e. The molecule has 0 aromatic heterocycles. The molecule has 4 saturated heterocycles. The Morgan fingerprint density at radius 1 is 0.889 bits per heavy atom. The smallest absolute Gasteiger partial charge is 0.413 e. The van der Waals surface area contributed by atoms with Crippen LogP contribution in [0, 0.1) is 0 Å². The van der Waals surface area contributed by atoms with E-state index in [1.165, 1.54) is 4.90 Å². The number of hydrogen-bond acceptors (Lipinski definition) is 11. The fourth-order valence-corrected chi connectivity index (χ4v) is 5.43. The van der Waals surface area contributed by atoms with Gasteiger partial charge in [-0.05, 0) is 87.0 Å². The van der Waals surface area contributed by atoms with Crippen LogP contribution < -0.4 is 5.32 Å². The Labute approximate surface area is 269 Å². The van der Waals surface area contributed by atoms with Crippen molar-refractivity contribution < 1.29 is 48.2 Å². The number of carbonyl (C=O) groups excluding carboxylic acids is 1. The van der Waals surface area contributed by atoms with Crippen LogP contribution in [0.3, 0.4) is 0 Å². The molecule has 4 fully saturated rings. The third-order valence-corrected chi connectivity index (χ3v) is 7.77. The summed E-state index contributed by atoms with van der Waals surface area (Å²) < 4.78 is 38.8. The number of aliphatic hydroxyl groups excluding tert-OH is 2. The molecule has 4 unspecified atom stereocenters. The summed E-state index contributed by atoms with van der Waals surface area (Å²) in [7, 11) is 0. The highest BCUT2D eigenvalue weighted by Gasteiger charge is 2.47. The summed E-state index contributed by atoms with van der Waals surface area (Å²) in [4.78, 5) is 14.0. The Bertz CT molecular complexity index is 938. The topological polar surface area (TPSA) is 137 Å². The first-order chi connectivity index (χ1) is 21.2. The molecule has 0 saturated carbocycles. The summed E-state index contributed by atoms with van der Waals surface area (Å²) in [5, 5.41) is 23.8. The minimum atomic E-state index is -0.875. The van der Waals surface area contributed by atoms with E-state index in [0.29, 0.717) is 19.8 Å². The lowest BCUT2D eigenvalue weighted by molar-refractivity contribution is -0.155. The van der Waals surface area contributed by atoms with Gasteiger partial charge in [0, 0.05) is 13.2 Å². The maximum atomic E-state index is 12.6. The number of carbonyl (C=O) groups is 1. The summed E-state index contributed by atoms with van der Waals surface area (Å²) in [6.45, 7) is 16.0. The summed E-state index contributed by atoms with van der Waals surface area (Å²) in [6.07, 6.45) is 11.1. The maximum absolute atomic E-state index is 12.6. The normalized spacial score (nSPS) is 29.8. The van der Waals surface area contributed by atoms with E-state index in [-0.39, 0.29) is 31.0 Å². The fourth-order valence-electron chi connectivity index (χ4n) is 5.43. The summed E-state index contributed by atoms with van der Waals surface area (Å²) in [5.74, 6) is 0. The van der Waals surface area contributed by atoms with E-state index in [1.54, 1.807) is 32.1 Å². The Morgan fingerprint density at radius 2 is 1.44 bits per heavy atom. The first-order valence-electron chi connectivity index (χ1n) is 16.4. The van der Waals surface area contributed by atoms with Gasteiger partial charge in [-0.1, -0.05) is 24.3 Å². The molecule has 0 aromatic rings. The number of nitrogens with one attached hydrogen (secondary N) is 1. The molecule has 3 N–H and O–H groups in total. The van der Waals surface area contributed by atoms with Crippen molar-refractivity contribution in [3.8, 4) is 0 Å². The van der Waals surface area contributed by atoms with E-state index in [4.69, 9.17) is 33.2 Å². The highest BCUT2D eigenvalue weighted by atomic mass is 16.7. The predicted octanol–water partition coefficient (Wildman–Crippen LogP) is 3.99. The largest absolute Gasteiger partial charge is 0.444 e. The van der Waals surface area contributed by atoms with Gasteiger partial charge in [-0.15, -0.1) is 0 Å².